The predicted molar refractivity (Wildman–Crippen MR) is 112 cm³/mol. The van der Waals surface area contributed by atoms with E-state index in [1.54, 1.807) is 6.08 Å². The van der Waals surface area contributed by atoms with Crippen molar-refractivity contribution < 1.29 is 22.3 Å². The fourth-order valence-electron chi connectivity index (χ4n) is 4.36. The Kier molecular flexibility index (Phi) is 7.57. The van der Waals surface area contributed by atoms with E-state index in [4.69, 9.17) is 4.74 Å². The van der Waals surface area contributed by atoms with E-state index in [1.165, 1.54) is 30.7 Å². The lowest BCUT2D eigenvalue weighted by Gasteiger charge is -2.29. The first-order chi connectivity index (χ1) is 14.5. The first-order valence-electron chi connectivity index (χ1n) is 10.7. The molecule has 0 bridgehead atoms. The maximum absolute atomic E-state index is 14.9. The molecular formula is C25H28F4O. The van der Waals surface area contributed by atoms with Gasteiger partial charge in [-0.1, -0.05) is 38.0 Å². The largest absolute Gasteiger partial charge is 0.490 e. The van der Waals surface area contributed by atoms with Gasteiger partial charge in [-0.3, -0.25) is 0 Å². The van der Waals surface area contributed by atoms with E-state index in [1.807, 2.05) is 0 Å². The van der Waals surface area contributed by atoms with Gasteiger partial charge < -0.3 is 4.74 Å². The Bertz CT molecular complexity index is 885. The van der Waals surface area contributed by atoms with Gasteiger partial charge in [0.05, 0.1) is 6.61 Å². The molecule has 0 radical (unpaired) electrons. The van der Waals surface area contributed by atoms with Crippen molar-refractivity contribution in [3.8, 4) is 16.9 Å². The monoisotopic (exact) mass is 420 g/mol. The van der Waals surface area contributed by atoms with Crippen molar-refractivity contribution in [1.29, 1.82) is 0 Å². The molecule has 0 heterocycles. The summed E-state index contributed by atoms with van der Waals surface area (Å²) in [7, 11) is 0. The van der Waals surface area contributed by atoms with Gasteiger partial charge in [-0.25, -0.2) is 13.2 Å². The molecule has 30 heavy (non-hydrogen) atoms. The maximum atomic E-state index is 14.9. The van der Waals surface area contributed by atoms with Crippen LogP contribution in [0.25, 0.3) is 11.1 Å². The summed E-state index contributed by atoms with van der Waals surface area (Å²) in [6.07, 6.45) is 8.03. The Balaban J connectivity index is 1.84. The van der Waals surface area contributed by atoms with Gasteiger partial charge in [-0.05, 0) is 61.6 Å². The summed E-state index contributed by atoms with van der Waals surface area (Å²) in [6, 6.07) is 5.32. The second-order valence-electron chi connectivity index (χ2n) is 8.00. The van der Waals surface area contributed by atoms with E-state index in [0.717, 1.165) is 32.1 Å². The molecule has 162 valence electrons. The second-order valence-corrected chi connectivity index (χ2v) is 8.00. The minimum atomic E-state index is -1.25. The van der Waals surface area contributed by atoms with Gasteiger partial charge in [0, 0.05) is 11.1 Å². The molecule has 0 unspecified atom stereocenters. The Hall–Kier alpha value is -2.30. The molecule has 0 amide bonds. The minimum absolute atomic E-state index is 0.0381. The summed E-state index contributed by atoms with van der Waals surface area (Å²) in [5.41, 5.74) is -0.278. The normalized spacial score (nSPS) is 19.0. The summed E-state index contributed by atoms with van der Waals surface area (Å²) in [6.45, 7) is 5.84. The number of halogens is 4. The molecule has 2 aromatic rings. The molecule has 0 N–H and O–H groups in total. The quantitative estimate of drug-likeness (QED) is 0.239. The van der Waals surface area contributed by atoms with Crippen LogP contribution in [0.4, 0.5) is 17.6 Å². The highest BCUT2D eigenvalue weighted by molar-refractivity contribution is 5.66. The van der Waals surface area contributed by atoms with Crippen molar-refractivity contribution in [1.82, 2.24) is 0 Å². The second kappa shape index (κ2) is 10.1. The van der Waals surface area contributed by atoms with Gasteiger partial charge in [0.25, 0.3) is 0 Å². The van der Waals surface area contributed by atoms with Crippen LogP contribution in [0.1, 0.15) is 63.4 Å². The van der Waals surface area contributed by atoms with Crippen molar-refractivity contribution >= 4 is 0 Å². The highest BCUT2D eigenvalue weighted by atomic mass is 19.2. The van der Waals surface area contributed by atoms with Crippen LogP contribution in [0.5, 0.6) is 5.75 Å². The lowest BCUT2D eigenvalue weighted by atomic mass is 9.77. The topological polar surface area (TPSA) is 9.23 Å². The Morgan fingerprint density at radius 3 is 2.17 bits per heavy atom. The van der Waals surface area contributed by atoms with Crippen molar-refractivity contribution in [2.75, 3.05) is 6.61 Å². The van der Waals surface area contributed by atoms with E-state index >= 15 is 0 Å². The molecule has 1 fully saturated rings. The van der Waals surface area contributed by atoms with E-state index in [9.17, 15) is 17.6 Å². The highest BCUT2D eigenvalue weighted by Gasteiger charge is 2.27. The number of benzene rings is 2. The van der Waals surface area contributed by atoms with Gasteiger partial charge in [-0.2, -0.15) is 4.39 Å². The van der Waals surface area contributed by atoms with E-state index in [0.29, 0.717) is 17.9 Å². The molecule has 0 aliphatic heterocycles. The minimum Gasteiger partial charge on any atom is -0.490 e. The first-order valence-corrected chi connectivity index (χ1v) is 10.7. The maximum Gasteiger partial charge on any atom is 0.201 e. The van der Waals surface area contributed by atoms with Crippen LogP contribution in [0.3, 0.4) is 0 Å². The van der Waals surface area contributed by atoms with Gasteiger partial charge in [-0.15, -0.1) is 6.58 Å². The third kappa shape index (κ3) is 4.71. The summed E-state index contributed by atoms with van der Waals surface area (Å²) in [4.78, 5) is 0. The van der Waals surface area contributed by atoms with Crippen molar-refractivity contribution in [3.63, 3.8) is 0 Å². The predicted octanol–water partition coefficient (Wildman–Crippen LogP) is 7.94. The molecule has 0 aromatic heterocycles. The fraction of sp³-hybridized carbons (Fsp3) is 0.440. The highest BCUT2D eigenvalue weighted by Crippen LogP contribution is 2.40. The number of hydrogen-bond acceptors (Lipinski definition) is 1. The van der Waals surface area contributed by atoms with Gasteiger partial charge >= 0.3 is 0 Å². The molecule has 5 heteroatoms. The SMILES string of the molecule is C=CCCOc1ccc(-c2ccc(C3CCC(CCC)CC3)c(F)c2F)c(F)c1F. The zero-order valence-corrected chi connectivity index (χ0v) is 17.3. The van der Waals surface area contributed by atoms with E-state index < -0.39 is 23.3 Å². The third-order valence-electron chi connectivity index (χ3n) is 6.01. The standard InChI is InChI=1S/C25H28F4O/c1-3-5-15-30-21-14-13-20(24(28)25(21)29)19-12-11-18(22(26)23(19)27)17-9-7-16(6-4-2)8-10-17/h3,11-14,16-17H,1,4-10,15H2,2H3. The number of hydrogen-bond donors (Lipinski definition) is 0. The molecule has 1 nitrogen and oxygen atoms in total. The average molecular weight is 420 g/mol. The Morgan fingerprint density at radius 2 is 1.53 bits per heavy atom. The van der Waals surface area contributed by atoms with Crippen LogP contribution in [-0.2, 0) is 0 Å². The number of ether oxygens (including phenoxy) is 1. The first kappa shape index (κ1) is 22.4. The van der Waals surface area contributed by atoms with Crippen LogP contribution < -0.4 is 4.74 Å². The van der Waals surface area contributed by atoms with E-state index in [2.05, 4.69) is 13.5 Å². The van der Waals surface area contributed by atoms with Crippen LogP contribution in [0, 0.1) is 29.2 Å². The molecule has 0 spiro atoms. The summed E-state index contributed by atoms with van der Waals surface area (Å²) < 4.78 is 63.8. The summed E-state index contributed by atoms with van der Waals surface area (Å²) in [5.74, 6) is -4.21. The molecule has 3 rings (SSSR count). The van der Waals surface area contributed by atoms with Crippen molar-refractivity contribution in [3.05, 3.63) is 65.8 Å². The molecule has 0 saturated heterocycles. The van der Waals surface area contributed by atoms with Gasteiger partial charge in [0.2, 0.25) is 5.82 Å². The lowest BCUT2D eigenvalue weighted by molar-refractivity contribution is 0.301. The Morgan fingerprint density at radius 1 is 0.900 bits per heavy atom. The average Bonchev–Trinajstić information content (AvgIpc) is 2.75. The molecule has 2 aromatic carbocycles. The summed E-state index contributed by atoms with van der Waals surface area (Å²) >= 11 is 0. The van der Waals surface area contributed by atoms with Crippen molar-refractivity contribution in [2.24, 2.45) is 5.92 Å². The van der Waals surface area contributed by atoms with E-state index in [-0.39, 0.29) is 29.4 Å². The Labute approximate surface area is 175 Å². The fourth-order valence-corrected chi connectivity index (χ4v) is 4.36. The lowest BCUT2D eigenvalue weighted by Crippen LogP contribution is -2.15. The molecule has 1 aliphatic carbocycles. The van der Waals surface area contributed by atoms with Crippen LogP contribution >= 0.6 is 0 Å². The third-order valence-corrected chi connectivity index (χ3v) is 6.01. The molecule has 1 aliphatic rings. The summed E-state index contributed by atoms with van der Waals surface area (Å²) in [5, 5.41) is 0. The zero-order valence-electron chi connectivity index (χ0n) is 17.3. The van der Waals surface area contributed by atoms with Crippen LogP contribution in [0.2, 0.25) is 0 Å². The molecule has 0 atom stereocenters. The zero-order chi connectivity index (χ0) is 21.7. The van der Waals surface area contributed by atoms with Crippen LogP contribution in [0.15, 0.2) is 36.9 Å². The van der Waals surface area contributed by atoms with Crippen LogP contribution in [-0.4, -0.2) is 6.61 Å². The number of rotatable bonds is 8. The van der Waals surface area contributed by atoms with Gasteiger partial charge in [0.15, 0.2) is 23.2 Å². The molecular weight excluding hydrogens is 392 g/mol. The van der Waals surface area contributed by atoms with Gasteiger partial charge in [0.1, 0.15) is 0 Å². The molecule has 1 saturated carbocycles. The smallest absolute Gasteiger partial charge is 0.201 e. The van der Waals surface area contributed by atoms with Crippen molar-refractivity contribution in [2.45, 2.75) is 57.8 Å².